The molecule has 122 valence electrons. The number of carbonyl (C=O) groups excluding carboxylic acids is 1. The van der Waals surface area contributed by atoms with Gasteiger partial charge in [-0.05, 0) is 19.1 Å². The molecule has 7 heteroatoms. The fourth-order valence-corrected chi connectivity index (χ4v) is 2.29. The van der Waals surface area contributed by atoms with Gasteiger partial charge in [0.25, 0.3) is 0 Å². The Labute approximate surface area is 131 Å². The van der Waals surface area contributed by atoms with E-state index in [4.69, 9.17) is 4.74 Å². The van der Waals surface area contributed by atoms with E-state index in [1.807, 2.05) is 31.1 Å². The molecule has 22 heavy (non-hydrogen) atoms. The average molecular weight is 307 g/mol. The highest BCUT2D eigenvalue weighted by Gasteiger charge is 2.17. The van der Waals surface area contributed by atoms with E-state index in [0.29, 0.717) is 18.3 Å². The summed E-state index contributed by atoms with van der Waals surface area (Å²) < 4.78 is 5.33. The molecule has 0 radical (unpaired) electrons. The van der Waals surface area contributed by atoms with E-state index >= 15 is 0 Å². The number of carbonyl (C=O) groups is 1. The smallest absolute Gasteiger partial charge is 0.319 e. The van der Waals surface area contributed by atoms with Gasteiger partial charge in [0, 0.05) is 39.8 Å². The molecule has 7 nitrogen and oxygen atoms in total. The zero-order chi connectivity index (χ0) is 15.9. The van der Waals surface area contributed by atoms with Crippen LogP contribution in [0.25, 0.3) is 0 Å². The molecule has 2 heterocycles. The monoisotopic (exact) mass is 307 g/mol. The highest BCUT2D eigenvalue weighted by Crippen LogP contribution is 2.11. The number of pyridine rings is 1. The van der Waals surface area contributed by atoms with Gasteiger partial charge in [-0.2, -0.15) is 0 Å². The first kappa shape index (κ1) is 16.5. The lowest BCUT2D eigenvalue weighted by atomic mass is 10.2. The molecule has 1 aliphatic rings. The zero-order valence-corrected chi connectivity index (χ0v) is 13.5. The lowest BCUT2D eigenvalue weighted by Gasteiger charge is -2.32. The van der Waals surface area contributed by atoms with Crippen LogP contribution in [0.3, 0.4) is 0 Å². The van der Waals surface area contributed by atoms with E-state index in [9.17, 15) is 4.79 Å². The van der Waals surface area contributed by atoms with Crippen molar-refractivity contribution in [1.29, 1.82) is 0 Å². The predicted octanol–water partition coefficient (Wildman–Crippen LogP) is 0.990. The van der Waals surface area contributed by atoms with Crippen LogP contribution in [-0.4, -0.2) is 68.9 Å². The molecule has 1 aromatic heterocycles. The number of nitrogens with zero attached hydrogens (tertiary/aromatic N) is 3. The maximum Gasteiger partial charge on any atom is 0.319 e. The summed E-state index contributed by atoms with van der Waals surface area (Å²) in [6, 6.07) is 3.79. The number of ether oxygens (including phenoxy) is 1. The highest BCUT2D eigenvalue weighted by molar-refractivity contribution is 5.89. The van der Waals surface area contributed by atoms with Gasteiger partial charge in [-0.15, -0.1) is 0 Å². The number of rotatable bonds is 5. The van der Waals surface area contributed by atoms with Crippen LogP contribution in [0, 0.1) is 0 Å². The topological polar surface area (TPSA) is 69.7 Å². The van der Waals surface area contributed by atoms with Crippen molar-refractivity contribution in [2.75, 3.05) is 57.2 Å². The van der Waals surface area contributed by atoms with Crippen molar-refractivity contribution in [1.82, 2.24) is 15.2 Å². The van der Waals surface area contributed by atoms with Gasteiger partial charge in [0.05, 0.1) is 25.1 Å². The second-order valence-corrected chi connectivity index (χ2v) is 5.63. The Hall–Kier alpha value is -1.86. The van der Waals surface area contributed by atoms with Gasteiger partial charge in [-0.3, -0.25) is 4.90 Å². The zero-order valence-electron chi connectivity index (χ0n) is 13.5. The van der Waals surface area contributed by atoms with Crippen molar-refractivity contribution in [2.45, 2.75) is 13.0 Å². The molecule has 1 saturated heterocycles. The second kappa shape index (κ2) is 7.95. The van der Waals surface area contributed by atoms with E-state index in [0.717, 1.165) is 32.1 Å². The average Bonchev–Trinajstić information content (AvgIpc) is 2.54. The first-order valence-electron chi connectivity index (χ1n) is 7.56. The molecule has 0 saturated carbocycles. The van der Waals surface area contributed by atoms with Gasteiger partial charge in [-0.25, -0.2) is 9.78 Å². The van der Waals surface area contributed by atoms with Crippen molar-refractivity contribution in [3.8, 4) is 0 Å². The minimum atomic E-state index is -0.209. The van der Waals surface area contributed by atoms with E-state index in [1.165, 1.54) is 0 Å². The van der Waals surface area contributed by atoms with Gasteiger partial charge in [0.15, 0.2) is 0 Å². The molecule has 2 rings (SSSR count). The Morgan fingerprint density at radius 1 is 1.41 bits per heavy atom. The third kappa shape index (κ3) is 4.85. The molecule has 0 aliphatic carbocycles. The fourth-order valence-electron chi connectivity index (χ4n) is 2.29. The summed E-state index contributed by atoms with van der Waals surface area (Å²) in [6.07, 6.45) is 1.65. The summed E-state index contributed by atoms with van der Waals surface area (Å²) in [5.74, 6) is 0.854. The van der Waals surface area contributed by atoms with Crippen LogP contribution in [0.1, 0.15) is 6.92 Å². The minimum Gasteiger partial charge on any atom is -0.379 e. The van der Waals surface area contributed by atoms with Crippen LogP contribution in [0.2, 0.25) is 0 Å². The maximum atomic E-state index is 11.9. The van der Waals surface area contributed by atoms with Gasteiger partial charge in [-0.1, -0.05) is 0 Å². The first-order chi connectivity index (χ1) is 10.6. The molecule has 1 aliphatic heterocycles. The predicted molar refractivity (Wildman–Crippen MR) is 87.4 cm³/mol. The molecule has 1 fully saturated rings. The molecule has 0 spiro atoms. The van der Waals surface area contributed by atoms with E-state index in [1.54, 1.807) is 6.20 Å². The molecule has 1 unspecified atom stereocenters. The third-order valence-corrected chi connectivity index (χ3v) is 3.69. The molecule has 2 N–H and O–H groups in total. The molecule has 1 aromatic rings. The van der Waals surface area contributed by atoms with Crippen molar-refractivity contribution < 1.29 is 9.53 Å². The summed E-state index contributed by atoms with van der Waals surface area (Å²) in [7, 11) is 3.85. The van der Waals surface area contributed by atoms with Gasteiger partial charge in [0.1, 0.15) is 5.82 Å². The first-order valence-corrected chi connectivity index (χ1v) is 7.56. The SMILES string of the molecule is CC(CNC(=O)Nc1ccc(N(C)C)nc1)N1CCOCC1. The van der Waals surface area contributed by atoms with Gasteiger partial charge < -0.3 is 20.3 Å². The number of morpholine rings is 1. The van der Waals surface area contributed by atoms with Crippen LogP contribution in [0.15, 0.2) is 18.3 Å². The van der Waals surface area contributed by atoms with Gasteiger partial charge in [0.2, 0.25) is 0 Å². The number of anilines is 2. The molecular formula is C15H25N5O2. The molecular weight excluding hydrogens is 282 g/mol. The molecule has 0 bridgehead atoms. The lowest BCUT2D eigenvalue weighted by molar-refractivity contribution is 0.0209. The Morgan fingerprint density at radius 2 is 2.14 bits per heavy atom. The number of hydrogen-bond acceptors (Lipinski definition) is 5. The maximum absolute atomic E-state index is 11.9. The van der Waals surface area contributed by atoms with Crippen LogP contribution in [0.4, 0.5) is 16.3 Å². The Bertz CT molecular complexity index is 471. The Balaban J connectivity index is 1.75. The Morgan fingerprint density at radius 3 is 2.73 bits per heavy atom. The van der Waals surface area contributed by atoms with E-state index < -0.39 is 0 Å². The van der Waals surface area contributed by atoms with Crippen molar-refractivity contribution in [3.05, 3.63) is 18.3 Å². The molecule has 1 atom stereocenters. The molecule has 2 amide bonds. The summed E-state index contributed by atoms with van der Waals surface area (Å²) in [5.41, 5.74) is 0.683. The summed E-state index contributed by atoms with van der Waals surface area (Å²) in [6.45, 7) is 6.08. The van der Waals surface area contributed by atoms with Crippen LogP contribution in [0.5, 0.6) is 0 Å². The summed E-state index contributed by atoms with van der Waals surface area (Å²) >= 11 is 0. The number of urea groups is 1. The largest absolute Gasteiger partial charge is 0.379 e. The number of aromatic nitrogens is 1. The van der Waals surface area contributed by atoms with Crippen LogP contribution < -0.4 is 15.5 Å². The van der Waals surface area contributed by atoms with Crippen LogP contribution >= 0.6 is 0 Å². The van der Waals surface area contributed by atoms with Crippen molar-refractivity contribution in [3.63, 3.8) is 0 Å². The molecule has 0 aromatic carbocycles. The lowest BCUT2D eigenvalue weighted by Crippen LogP contribution is -2.47. The fraction of sp³-hybridized carbons (Fsp3) is 0.600. The van der Waals surface area contributed by atoms with Crippen LogP contribution in [-0.2, 0) is 4.74 Å². The number of hydrogen-bond donors (Lipinski definition) is 2. The third-order valence-electron chi connectivity index (χ3n) is 3.69. The summed E-state index contributed by atoms with van der Waals surface area (Å²) in [4.78, 5) is 20.4. The van der Waals surface area contributed by atoms with E-state index in [-0.39, 0.29) is 6.03 Å². The minimum absolute atomic E-state index is 0.209. The Kier molecular flexibility index (Phi) is 5.97. The van der Waals surface area contributed by atoms with Crippen molar-refractivity contribution >= 4 is 17.5 Å². The van der Waals surface area contributed by atoms with Gasteiger partial charge >= 0.3 is 6.03 Å². The quantitative estimate of drug-likeness (QED) is 0.849. The normalized spacial score (nSPS) is 16.9. The number of nitrogens with one attached hydrogen (secondary N) is 2. The van der Waals surface area contributed by atoms with E-state index in [2.05, 4.69) is 27.4 Å². The number of amides is 2. The highest BCUT2D eigenvalue weighted by atomic mass is 16.5. The summed E-state index contributed by atoms with van der Waals surface area (Å²) in [5, 5.41) is 5.69. The second-order valence-electron chi connectivity index (χ2n) is 5.63. The van der Waals surface area contributed by atoms with Crippen molar-refractivity contribution in [2.24, 2.45) is 0 Å². The standard InChI is InChI=1S/C15H25N5O2/c1-12(20-6-8-22-9-7-20)10-17-15(21)18-13-4-5-14(16-11-13)19(2)3/h4-5,11-12H,6-10H2,1-3H3,(H2,17,18,21).